The van der Waals surface area contributed by atoms with Gasteiger partial charge >= 0.3 is 0 Å². The Morgan fingerprint density at radius 1 is 1.44 bits per heavy atom. The first-order chi connectivity index (χ1) is 7.81. The van der Waals surface area contributed by atoms with Crippen molar-refractivity contribution in [1.82, 2.24) is 14.5 Å². The second-order valence-electron chi connectivity index (χ2n) is 3.90. The van der Waals surface area contributed by atoms with Crippen LogP contribution in [-0.4, -0.2) is 21.1 Å². The number of pyridine rings is 1. The van der Waals surface area contributed by atoms with Gasteiger partial charge in [-0.2, -0.15) is 0 Å². The predicted octanol–water partition coefficient (Wildman–Crippen LogP) is 1.90. The summed E-state index contributed by atoms with van der Waals surface area (Å²) in [5, 5.41) is 0. The van der Waals surface area contributed by atoms with E-state index in [0.717, 1.165) is 30.0 Å². The average molecular weight is 218 g/mol. The fourth-order valence-corrected chi connectivity index (χ4v) is 2.05. The van der Waals surface area contributed by atoms with Crippen molar-refractivity contribution < 1.29 is 0 Å². The number of nitrogens with two attached hydrogens (primary N) is 1. The maximum absolute atomic E-state index is 5.79. The van der Waals surface area contributed by atoms with Crippen LogP contribution in [0.4, 0.5) is 0 Å². The maximum atomic E-state index is 5.79. The summed E-state index contributed by atoms with van der Waals surface area (Å²) < 4.78 is 2.16. The molecule has 86 valence electrons. The molecule has 0 aliphatic heterocycles. The first kappa shape index (κ1) is 11.1. The van der Waals surface area contributed by atoms with Gasteiger partial charge in [0.2, 0.25) is 0 Å². The second-order valence-corrected chi connectivity index (χ2v) is 3.90. The van der Waals surface area contributed by atoms with Gasteiger partial charge in [-0.3, -0.25) is 0 Å². The lowest BCUT2D eigenvalue weighted by Crippen LogP contribution is -2.16. The number of aryl methyl sites for hydroxylation is 1. The first-order valence-electron chi connectivity index (χ1n) is 5.83. The Morgan fingerprint density at radius 3 is 2.88 bits per heavy atom. The van der Waals surface area contributed by atoms with Crippen molar-refractivity contribution in [2.24, 2.45) is 5.73 Å². The number of rotatable bonds is 4. The molecule has 4 heteroatoms. The van der Waals surface area contributed by atoms with Crippen LogP contribution in [0.5, 0.6) is 0 Å². The minimum absolute atomic E-state index is 0.328. The average Bonchev–Trinajstić information content (AvgIpc) is 2.69. The standard InChI is InChI=1S/C12H18N4/c1-3-9(8-13)11-15-10-6-5-7-14-12(10)16(11)4-2/h5-7,9H,3-4,8,13H2,1-2H3. The summed E-state index contributed by atoms with van der Waals surface area (Å²) >= 11 is 0. The van der Waals surface area contributed by atoms with Crippen molar-refractivity contribution in [2.45, 2.75) is 32.7 Å². The smallest absolute Gasteiger partial charge is 0.159 e. The molecule has 0 saturated heterocycles. The molecule has 0 radical (unpaired) electrons. The van der Waals surface area contributed by atoms with Crippen LogP contribution in [-0.2, 0) is 6.54 Å². The van der Waals surface area contributed by atoms with Crippen LogP contribution in [0.15, 0.2) is 18.3 Å². The van der Waals surface area contributed by atoms with Crippen molar-refractivity contribution in [3.63, 3.8) is 0 Å². The number of fused-ring (bicyclic) bond motifs is 1. The van der Waals surface area contributed by atoms with E-state index >= 15 is 0 Å². The third-order valence-corrected chi connectivity index (χ3v) is 2.99. The number of imidazole rings is 1. The van der Waals surface area contributed by atoms with E-state index in [1.54, 1.807) is 0 Å². The molecular weight excluding hydrogens is 200 g/mol. The van der Waals surface area contributed by atoms with E-state index in [0.29, 0.717) is 12.5 Å². The zero-order valence-corrected chi connectivity index (χ0v) is 9.85. The Bertz CT molecular complexity index is 471. The number of hydrogen-bond acceptors (Lipinski definition) is 3. The highest BCUT2D eigenvalue weighted by molar-refractivity contribution is 5.71. The van der Waals surface area contributed by atoms with E-state index in [1.165, 1.54) is 0 Å². The SMILES string of the molecule is CCC(CN)c1nc2cccnc2n1CC. The summed E-state index contributed by atoms with van der Waals surface area (Å²) in [6.07, 6.45) is 2.82. The highest BCUT2D eigenvalue weighted by Crippen LogP contribution is 2.22. The molecule has 1 atom stereocenters. The van der Waals surface area contributed by atoms with Crippen LogP contribution >= 0.6 is 0 Å². The molecule has 0 aromatic carbocycles. The highest BCUT2D eigenvalue weighted by atomic mass is 15.1. The van der Waals surface area contributed by atoms with E-state index in [1.807, 2.05) is 18.3 Å². The van der Waals surface area contributed by atoms with Gasteiger partial charge in [0.1, 0.15) is 11.3 Å². The van der Waals surface area contributed by atoms with Crippen molar-refractivity contribution in [1.29, 1.82) is 0 Å². The molecule has 2 rings (SSSR count). The summed E-state index contributed by atoms with van der Waals surface area (Å²) in [4.78, 5) is 9.03. The fraction of sp³-hybridized carbons (Fsp3) is 0.500. The van der Waals surface area contributed by atoms with Gasteiger partial charge in [-0.1, -0.05) is 6.92 Å². The molecule has 16 heavy (non-hydrogen) atoms. The summed E-state index contributed by atoms with van der Waals surface area (Å²) in [5.41, 5.74) is 7.72. The summed E-state index contributed by atoms with van der Waals surface area (Å²) in [6, 6.07) is 3.92. The van der Waals surface area contributed by atoms with Gasteiger partial charge in [0.05, 0.1) is 0 Å². The van der Waals surface area contributed by atoms with Crippen LogP contribution in [0.1, 0.15) is 32.0 Å². The van der Waals surface area contributed by atoms with Gasteiger partial charge in [-0.05, 0) is 25.5 Å². The minimum Gasteiger partial charge on any atom is -0.330 e. The van der Waals surface area contributed by atoms with Gasteiger partial charge in [-0.15, -0.1) is 0 Å². The van der Waals surface area contributed by atoms with Crippen molar-refractivity contribution in [2.75, 3.05) is 6.54 Å². The van der Waals surface area contributed by atoms with Gasteiger partial charge in [0, 0.05) is 25.2 Å². The third-order valence-electron chi connectivity index (χ3n) is 2.99. The molecule has 0 fully saturated rings. The van der Waals surface area contributed by atoms with Crippen molar-refractivity contribution in [3.05, 3.63) is 24.2 Å². The lowest BCUT2D eigenvalue weighted by Gasteiger charge is -2.13. The monoisotopic (exact) mass is 218 g/mol. The van der Waals surface area contributed by atoms with Crippen LogP contribution in [0.25, 0.3) is 11.2 Å². The van der Waals surface area contributed by atoms with Crippen LogP contribution in [0.3, 0.4) is 0 Å². The maximum Gasteiger partial charge on any atom is 0.159 e. The Kier molecular flexibility index (Phi) is 3.19. The molecule has 2 N–H and O–H groups in total. The molecule has 0 saturated carbocycles. The largest absolute Gasteiger partial charge is 0.330 e. The number of aromatic nitrogens is 3. The topological polar surface area (TPSA) is 56.7 Å². The van der Waals surface area contributed by atoms with Crippen LogP contribution in [0, 0.1) is 0 Å². The van der Waals surface area contributed by atoms with Gasteiger partial charge in [-0.25, -0.2) is 9.97 Å². The lowest BCUT2D eigenvalue weighted by molar-refractivity contribution is 0.584. The van der Waals surface area contributed by atoms with E-state index < -0.39 is 0 Å². The Morgan fingerprint density at radius 2 is 2.25 bits per heavy atom. The lowest BCUT2D eigenvalue weighted by atomic mass is 10.1. The van der Waals surface area contributed by atoms with Crippen molar-refractivity contribution in [3.8, 4) is 0 Å². The zero-order valence-electron chi connectivity index (χ0n) is 9.85. The molecule has 0 aliphatic carbocycles. The normalized spacial score (nSPS) is 13.2. The second kappa shape index (κ2) is 4.61. The van der Waals surface area contributed by atoms with Gasteiger partial charge < -0.3 is 10.3 Å². The van der Waals surface area contributed by atoms with E-state index in [9.17, 15) is 0 Å². The predicted molar refractivity (Wildman–Crippen MR) is 65.3 cm³/mol. The highest BCUT2D eigenvalue weighted by Gasteiger charge is 2.17. The van der Waals surface area contributed by atoms with Gasteiger partial charge in [0.15, 0.2) is 5.65 Å². The first-order valence-corrected chi connectivity index (χ1v) is 5.83. The van der Waals surface area contributed by atoms with Crippen LogP contribution < -0.4 is 5.73 Å². The Hall–Kier alpha value is -1.42. The Balaban J connectivity index is 2.60. The van der Waals surface area contributed by atoms with E-state index in [2.05, 4.69) is 28.4 Å². The molecule has 0 bridgehead atoms. The molecule has 0 amide bonds. The van der Waals surface area contributed by atoms with Crippen molar-refractivity contribution >= 4 is 11.2 Å². The molecule has 4 nitrogen and oxygen atoms in total. The molecule has 1 unspecified atom stereocenters. The molecule has 2 aromatic rings. The summed E-state index contributed by atoms with van der Waals surface area (Å²) in [6.45, 7) is 5.78. The molecule has 2 aromatic heterocycles. The molecule has 0 spiro atoms. The molecule has 2 heterocycles. The molecular formula is C12H18N4. The third kappa shape index (κ3) is 1.69. The Labute approximate surface area is 95.5 Å². The zero-order chi connectivity index (χ0) is 11.5. The number of nitrogens with zero attached hydrogens (tertiary/aromatic N) is 3. The summed E-state index contributed by atoms with van der Waals surface area (Å²) in [7, 11) is 0. The minimum atomic E-state index is 0.328. The number of hydrogen-bond donors (Lipinski definition) is 1. The summed E-state index contributed by atoms with van der Waals surface area (Å²) in [5.74, 6) is 1.40. The van der Waals surface area contributed by atoms with Crippen LogP contribution in [0.2, 0.25) is 0 Å². The van der Waals surface area contributed by atoms with Gasteiger partial charge in [0.25, 0.3) is 0 Å². The fourth-order valence-electron chi connectivity index (χ4n) is 2.05. The quantitative estimate of drug-likeness (QED) is 0.852. The van der Waals surface area contributed by atoms with E-state index in [-0.39, 0.29) is 0 Å². The molecule has 0 aliphatic rings. The van der Waals surface area contributed by atoms with E-state index in [4.69, 9.17) is 5.73 Å².